The van der Waals surface area contributed by atoms with Crippen molar-refractivity contribution in [1.29, 1.82) is 0 Å². The Hall–Kier alpha value is -5.92. The quantitative estimate of drug-likeness (QED) is 0.175. The van der Waals surface area contributed by atoms with Crippen molar-refractivity contribution in [2.45, 2.75) is 19.3 Å². The van der Waals surface area contributed by atoms with Crippen LogP contribution in [0.1, 0.15) is 25.0 Å². The Morgan fingerprint density at radius 2 is 0.833 bits per heavy atom. The largest absolute Gasteiger partial charge is 0.310 e. The summed E-state index contributed by atoms with van der Waals surface area (Å²) in [4.78, 5) is 2.36. The Kier molecular flexibility index (Phi) is 6.55. The van der Waals surface area contributed by atoms with E-state index in [1.54, 1.807) is 0 Å². The number of rotatable bonds is 5. The van der Waals surface area contributed by atoms with E-state index in [0.29, 0.717) is 0 Å². The van der Waals surface area contributed by atoms with Crippen molar-refractivity contribution in [1.82, 2.24) is 0 Å². The first kappa shape index (κ1) is 28.3. The molecule has 0 saturated carbocycles. The van der Waals surface area contributed by atoms with Crippen LogP contribution < -0.4 is 4.90 Å². The summed E-state index contributed by atoms with van der Waals surface area (Å²) >= 11 is 0. The Morgan fingerprint density at radius 3 is 1.44 bits per heavy atom. The third kappa shape index (κ3) is 4.39. The second-order valence-electron chi connectivity index (χ2n) is 13.3. The molecule has 9 rings (SSSR count). The van der Waals surface area contributed by atoms with Gasteiger partial charge in [0.2, 0.25) is 0 Å². The van der Waals surface area contributed by atoms with Crippen molar-refractivity contribution < 1.29 is 0 Å². The van der Waals surface area contributed by atoms with E-state index in [-0.39, 0.29) is 5.41 Å². The zero-order chi connectivity index (χ0) is 32.2. The lowest BCUT2D eigenvalue weighted by molar-refractivity contribution is 0.661. The molecular weight excluding hydrogens is 579 g/mol. The van der Waals surface area contributed by atoms with Crippen LogP contribution in [0, 0.1) is 0 Å². The molecule has 1 aliphatic rings. The number of para-hydroxylation sites is 2. The molecule has 0 unspecified atom stereocenters. The average Bonchev–Trinajstić information content (AvgIpc) is 3.36. The summed E-state index contributed by atoms with van der Waals surface area (Å²) in [5.74, 6) is 0. The zero-order valence-corrected chi connectivity index (χ0v) is 27.2. The molecule has 0 bridgehead atoms. The summed E-state index contributed by atoms with van der Waals surface area (Å²) in [6.45, 7) is 4.75. The molecule has 1 aliphatic carbocycles. The van der Waals surface area contributed by atoms with Crippen molar-refractivity contribution >= 4 is 38.6 Å². The first-order valence-corrected chi connectivity index (χ1v) is 16.8. The minimum atomic E-state index is -0.102. The highest BCUT2D eigenvalue weighted by molar-refractivity contribution is 6.23. The van der Waals surface area contributed by atoms with Gasteiger partial charge in [-0.3, -0.25) is 0 Å². The molecule has 0 aliphatic heterocycles. The van der Waals surface area contributed by atoms with E-state index in [0.717, 1.165) is 17.1 Å². The fraction of sp³-hybridized carbons (Fsp3) is 0.0638. The molecule has 1 nitrogen and oxygen atoms in total. The molecule has 0 heterocycles. The van der Waals surface area contributed by atoms with Gasteiger partial charge in [-0.15, -0.1) is 0 Å². The molecule has 0 amide bonds. The smallest absolute Gasteiger partial charge is 0.0468 e. The maximum Gasteiger partial charge on any atom is 0.0468 e. The van der Waals surface area contributed by atoms with Gasteiger partial charge in [0, 0.05) is 22.5 Å². The van der Waals surface area contributed by atoms with Gasteiger partial charge in [0.15, 0.2) is 0 Å². The topological polar surface area (TPSA) is 3.24 Å². The van der Waals surface area contributed by atoms with Gasteiger partial charge in [0.05, 0.1) is 0 Å². The molecule has 0 spiro atoms. The van der Waals surface area contributed by atoms with Gasteiger partial charge in [0.1, 0.15) is 0 Å². The summed E-state index contributed by atoms with van der Waals surface area (Å²) in [5, 5.41) is 5.07. The highest BCUT2D eigenvalue weighted by atomic mass is 15.1. The number of hydrogen-bond donors (Lipinski definition) is 0. The normalized spacial score (nSPS) is 13.0. The van der Waals surface area contributed by atoms with Crippen LogP contribution in [0.4, 0.5) is 17.1 Å². The maximum absolute atomic E-state index is 2.51. The Labute approximate surface area is 282 Å². The summed E-state index contributed by atoms with van der Waals surface area (Å²) in [7, 11) is 0. The van der Waals surface area contributed by atoms with Gasteiger partial charge in [-0.1, -0.05) is 141 Å². The van der Waals surface area contributed by atoms with Crippen LogP contribution >= 0.6 is 0 Å². The molecule has 0 fully saturated rings. The van der Waals surface area contributed by atoms with E-state index in [1.807, 2.05) is 0 Å². The molecule has 48 heavy (non-hydrogen) atoms. The third-order valence-corrected chi connectivity index (χ3v) is 10.2. The highest BCUT2D eigenvalue weighted by Gasteiger charge is 2.36. The Bertz CT molecular complexity index is 2400. The second-order valence-corrected chi connectivity index (χ2v) is 13.3. The van der Waals surface area contributed by atoms with E-state index >= 15 is 0 Å². The molecule has 0 saturated heterocycles. The Balaban J connectivity index is 1.44. The van der Waals surface area contributed by atoms with Crippen molar-refractivity contribution in [2.24, 2.45) is 0 Å². The van der Waals surface area contributed by atoms with Gasteiger partial charge >= 0.3 is 0 Å². The van der Waals surface area contributed by atoms with E-state index < -0.39 is 0 Å². The highest BCUT2D eigenvalue weighted by Crippen LogP contribution is 2.53. The van der Waals surface area contributed by atoms with E-state index in [1.165, 1.54) is 66.1 Å². The molecular formula is C47H35N. The van der Waals surface area contributed by atoms with E-state index in [2.05, 4.69) is 195 Å². The first-order valence-electron chi connectivity index (χ1n) is 16.8. The van der Waals surface area contributed by atoms with Gasteiger partial charge < -0.3 is 4.90 Å². The molecule has 1 heteroatoms. The lowest BCUT2D eigenvalue weighted by Crippen LogP contribution is -2.14. The number of anilines is 3. The maximum atomic E-state index is 2.51. The molecule has 0 aromatic heterocycles. The minimum absolute atomic E-state index is 0.102. The van der Waals surface area contributed by atoms with Crippen molar-refractivity contribution in [3.05, 3.63) is 187 Å². The van der Waals surface area contributed by atoms with Crippen LogP contribution in [0.2, 0.25) is 0 Å². The standard InChI is InChI=1S/C47H35N/c1-47(2)43-26-16-15-25-37(43)39-30-41-42(31-44(39)47)46(33-19-9-4-10-20-33)40-29-36(27-28-38(40)45(41)32-17-7-3-8-18-32)48(34-21-11-5-12-22-34)35-23-13-6-14-24-35/h3-31H,1-2H3. The fourth-order valence-corrected chi connectivity index (χ4v) is 7.98. The third-order valence-electron chi connectivity index (χ3n) is 10.2. The van der Waals surface area contributed by atoms with E-state index in [9.17, 15) is 0 Å². The van der Waals surface area contributed by atoms with Crippen LogP contribution in [0.25, 0.3) is 54.9 Å². The lowest BCUT2D eigenvalue weighted by Gasteiger charge is -2.27. The molecule has 0 radical (unpaired) electrons. The van der Waals surface area contributed by atoms with Gasteiger partial charge in [-0.25, -0.2) is 0 Å². The average molecular weight is 614 g/mol. The summed E-state index contributed by atoms with van der Waals surface area (Å²) < 4.78 is 0. The molecule has 0 atom stereocenters. The fourth-order valence-electron chi connectivity index (χ4n) is 7.98. The zero-order valence-electron chi connectivity index (χ0n) is 27.2. The predicted octanol–water partition coefficient (Wildman–Crippen LogP) is 13.1. The van der Waals surface area contributed by atoms with Crippen LogP contribution in [-0.2, 0) is 5.41 Å². The molecule has 8 aromatic carbocycles. The van der Waals surface area contributed by atoms with Crippen molar-refractivity contribution in [3.8, 4) is 33.4 Å². The number of fused-ring (bicyclic) bond motifs is 5. The number of hydrogen-bond acceptors (Lipinski definition) is 1. The van der Waals surface area contributed by atoms with Gasteiger partial charge in [0.25, 0.3) is 0 Å². The molecule has 0 N–H and O–H groups in total. The van der Waals surface area contributed by atoms with Crippen LogP contribution in [0.3, 0.4) is 0 Å². The second kappa shape index (κ2) is 11.1. The predicted molar refractivity (Wildman–Crippen MR) is 205 cm³/mol. The van der Waals surface area contributed by atoms with Crippen LogP contribution in [0.15, 0.2) is 176 Å². The van der Waals surface area contributed by atoms with Crippen LogP contribution in [-0.4, -0.2) is 0 Å². The number of nitrogens with zero attached hydrogens (tertiary/aromatic N) is 1. The number of benzene rings is 8. The summed E-state index contributed by atoms with van der Waals surface area (Å²) in [6.07, 6.45) is 0. The molecule has 228 valence electrons. The molecule has 8 aromatic rings. The van der Waals surface area contributed by atoms with Gasteiger partial charge in [-0.2, -0.15) is 0 Å². The monoisotopic (exact) mass is 613 g/mol. The minimum Gasteiger partial charge on any atom is -0.310 e. The summed E-state index contributed by atoms with van der Waals surface area (Å²) in [5.41, 5.74) is 13.8. The van der Waals surface area contributed by atoms with Gasteiger partial charge in [-0.05, 0) is 115 Å². The first-order chi connectivity index (χ1) is 23.6. The van der Waals surface area contributed by atoms with Crippen molar-refractivity contribution in [2.75, 3.05) is 4.90 Å². The SMILES string of the molecule is CC1(C)c2ccccc2-c2cc3c(-c4ccccc4)c4ccc(N(c5ccccc5)c5ccccc5)cc4c(-c4ccccc4)c3cc21. The van der Waals surface area contributed by atoms with Crippen LogP contribution in [0.5, 0.6) is 0 Å². The lowest BCUT2D eigenvalue weighted by atomic mass is 9.79. The van der Waals surface area contributed by atoms with E-state index in [4.69, 9.17) is 0 Å². The Morgan fingerprint density at radius 1 is 0.354 bits per heavy atom. The van der Waals surface area contributed by atoms with Crippen molar-refractivity contribution in [3.63, 3.8) is 0 Å². The summed E-state index contributed by atoms with van der Waals surface area (Å²) in [6, 6.07) is 64.3.